The summed E-state index contributed by atoms with van der Waals surface area (Å²) >= 11 is 0. The second kappa shape index (κ2) is 9.54. The number of carbonyl (C=O) groups is 1. The summed E-state index contributed by atoms with van der Waals surface area (Å²) in [5, 5.41) is 17.0. The fourth-order valence-corrected chi connectivity index (χ4v) is 3.65. The van der Waals surface area contributed by atoms with Crippen LogP contribution in [0.5, 0.6) is 0 Å². The molecule has 3 N–H and O–H groups in total. The van der Waals surface area contributed by atoms with Gasteiger partial charge in [0.1, 0.15) is 11.6 Å². The molecule has 0 unspecified atom stereocenters. The van der Waals surface area contributed by atoms with Crippen LogP contribution >= 0.6 is 0 Å². The SMILES string of the molecule is N#C/C(=C/N1CCN(Cc2ccccc2)CC1)C(=O)Nc1ccc(S(N)(=O)=O)cc1. The normalized spacial score (nSPS) is 15.5. The number of hydrogen-bond donors (Lipinski definition) is 2. The summed E-state index contributed by atoms with van der Waals surface area (Å²) in [5.41, 5.74) is 1.62. The smallest absolute Gasteiger partial charge is 0.267 e. The van der Waals surface area contributed by atoms with Crippen molar-refractivity contribution in [1.82, 2.24) is 9.80 Å². The molecule has 156 valence electrons. The van der Waals surface area contributed by atoms with Crippen LogP contribution in [0.1, 0.15) is 5.56 Å². The first kappa shape index (κ1) is 21.5. The summed E-state index contributed by atoms with van der Waals surface area (Å²) in [6.07, 6.45) is 1.58. The van der Waals surface area contributed by atoms with Crippen molar-refractivity contribution >= 4 is 21.6 Å². The van der Waals surface area contributed by atoms with Gasteiger partial charge in [-0.2, -0.15) is 5.26 Å². The molecule has 30 heavy (non-hydrogen) atoms. The number of nitrogens with zero attached hydrogens (tertiary/aromatic N) is 3. The molecule has 0 saturated carbocycles. The predicted octanol–water partition coefficient (Wildman–Crippen LogP) is 1.50. The first-order chi connectivity index (χ1) is 14.3. The van der Waals surface area contributed by atoms with Crippen LogP contribution in [0.2, 0.25) is 0 Å². The van der Waals surface area contributed by atoms with E-state index in [0.717, 1.165) is 19.6 Å². The van der Waals surface area contributed by atoms with Crippen LogP contribution in [-0.4, -0.2) is 50.3 Å². The van der Waals surface area contributed by atoms with E-state index in [9.17, 15) is 18.5 Å². The van der Waals surface area contributed by atoms with Crippen molar-refractivity contribution in [1.29, 1.82) is 5.26 Å². The van der Waals surface area contributed by atoms with Crippen molar-refractivity contribution in [2.45, 2.75) is 11.4 Å². The third-order valence-electron chi connectivity index (χ3n) is 4.77. The molecular formula is C21H23N5O3S. The van der Waals surface area contributed by atoms with Crippen LogP contribution in [0.3, 0.4) is 0 Å². The van der Waals surface area contributed by atoms with Crippen LogP contribution in [0.4, 0.5) is 5.69 Å². The van der Waals surface area contributed by atoms with Gasteiger partial charge < -0.3 is 10.2 Å². The third kappa shape index (κ3) is 5.90. The second-order valence-electron chi connectivity index (χ2n) is 6.98. The Morgan fingerprint density at radius 2 is 1.70 bits per heavy atom. The minimum absolute atomic E-state index is 0.0120. The lowest BCUT2D eigenvalue weighted by molar-refractivity contribution is -0.112. The number of anilines is 1. The van der Waals surface area contributed by atoms with E-state index >= 15 is 0 Å². The number of carbonyl (C=O) groups excluding carboxylic acids is 1. The average Bonchev–Trinajstić information content (AvgIpc) is 2.73. The quantitative estimate of drug-likeness (QED) is 0.535. The second-order valence-corrected chi connectivity index (χ2v) is 8.54. The maximum absolute atomic E-state index is 12.4. The Hall–Kier alpha value is -3.19. The lowest BCUT2D eigenvalue weighted by atomic mass is 10.2. The molecule has 1 saturated heterocycles. The average molecular weight is 426 g/mol. The zero-order valence-corrected chi connectivity index (χ0v) is 17.2. The monoisotopic (exact) mass is 425 g/mol. The van der Waals surface area contributed by atoms with Gasteiger partial charge in [-0.15, -0.1) is 0 Å². The van der Waals surface area contributed by atoms with E-state index in [0.29, 0.717) is 18.8 Å². The van der Waals surface area contributed by atoms with E-state index in [1.54, 1.807) is 6.20 Å². The van der Waals surface area contributed by atoms with Gasteiger partial charge in [0.25, 0.3) is 5.91 Å². The number of primary sulfonamides is 1. The third-order valence-corrected chi connectivity index (χ3v) is 5.70. The number of amides is 1. The summed E-state index contributed by atoms with van der Waals surface area (Å²) in [7, 11) is -3.80. The molecule has 1 aliphatic rings. The van der Waals surface area contributed by atoms with Crippen molar-refractivity contribution in [3.8, 4) is 6.07 Å². The topological polar surface area (TPSA) is 120 Å². The Labute approximate surface area is 176 Å². The van der Waals surface area contributed by atoms with E-state index in [-0.39, 0.29) is 10.5 Å². The van der Waals surface area contributed by atoms with Crippen molar-refractivity contribution in [2.75, 3.05) is 31.5 Å². The van der Waals surface area contributed by atoms with Crippen molar-refractivity contribution in [2.24, 2.45) is 5.14 Å². The first-order valence-electron chi connectivity index (χ1n) is 9.41. The fourth-order valence-electron chi connectivity index (χ4n) is 3.14. The van der Waals surface area contributed by atoms with Crippen LogP contribution < -0.4 is 10.5 Å². The molecule has 0 bridgehead atoms. The highest BCUT2D eigenvalue weighted by atomic mass is 32.2. The molecule has 0 radical (unpaired) electrons. The van der Waals surface area contributed by atoms with Gasteiger partial charge in [0.2, 0.25) is 10.0 Å². The molecule has 1 heterocycles. The molecule has 1 amide bonds. The Morgan fingerprint density at radius 1 is 1.07 bits per heavy atom. The van der Waals surface area contributed by atoms with Gasteiger partial charge >= 0.3 is 0 Å². The van der Waals surface area contributed by atoms with Gasteiger partial charge in [0, 0.05) is 44.6 Å². The van der Waals surface area contributed by atoms with Crippen molar-refractivity contribution < 1.29 is 13.2 Å². The van der Waals surface area contributed by atoms with Gasteiger partial charge in [0.15, 0.2) is 0 Å². The highest BCUT2D eigenvalue weighted by molar-refractivity contribution is 7.89. The molecule has 2 aromatic rings. The number of nitrogens with one attached hydrogen (secondary N) is 1. The highest BCUT2D eigenvalue weighted by Gasteiger charge is 2.18. The van der Waals surface area contributed by atoms with Crippen LogP contribution in [0.25, 0.3) is 0 Å². The van der Waals surface area contributed by atoms with Crippen LogP contribution in [0.15, 0.2) is 71.3 Å². The zero-order chi connectivity index (χ0) is 21.6. The summed E-state index contributed by atoms with van der Waals surface area (Å²) in [6.45, 7) is 3.97. The zero-order valence-electron chi connectivity index (χ0n) is 16.4. The largest absolute Gasteiger partial charge is 0.374 e. The van der Waals surface area contributed by atoms with Crippen molar-refractivity contribution in [3.05, 3.63) is 71.9 Å². The van der Waals surface area contributed by atoms with E-state index in [2.05, 4.69) is 22.3 Å². The van der Waals surface area contributed by atoms with Gasteiger partial charge in [-0.1, -0.05) is 30.3 Å². The summed E-state index contributed by atoms with van der Waals surface area (Å²) < 4.78 is 22.6. The van der Waals surface area contributed by atoms with Crippen LogP contribution in [0, 0.1) is 11.3 Å². The molecule has 1 fully saturated rings. The summed E-state index contributed by atoms with van der Waals surface area (Å²) in [4.78, 5) is 16.7. The Morgan fingerprint density at radius 3 is 2.27 bits per heavy atom. The van der Waals surface area contributed by atoms with Gasteiger partial charge in [-0.25, -0.2) is 13.6 Å². The first-order valence-corrected chi connectivity index (χ1v) is 11.0. The van der Waals surface area contributed by atoms with Crippen molar-refractivity contribution in [3.63, 3.8) is 0 Å². The van der Waals surface area contributed by atoms with E-state index in [1.165, 1.54) is 29.8 Å². The van der Waals surface area contributed by atoms with E-state index < -0.39 is 15.9 Å². The van der Waals surface area contributed by atoms with E-state index in [1.807, 2.05) is 29.2 Å². The number of hydrogen-bond acceptors (Lipinski definition) is 6. The molecule has 0 spiro atoms. The highest BCUT2D eigenvalue weighted by Crippen LogP contribution is 2.14. The van der Waals surface area contributed by atoms with Gasteiger partial charge in [0.05, 0.1) is 4.90 Å². The molecular weight excluding hydrogens is 402 g/mol. The minimum atomic E-state index is -3.80. The lowest BCUT2D eigenvalue weighted by Gasteiger charge is -2.34. The van der Waals surface area contributed by atoms with E-state index in [4.69, 9.17) is 5.14 Å². The fraction of sp³-hybridized carbons (Fsp3) is 0.238. The summed E-state index contributed by atoms with van der Waals surface area (Å²) in [6, 6.07) is 17.6. The Bertz CT molecular complexity index is 1050. The molecule has 0 aliphatic carbocycles. The maximum Gasteiger partial charge on any atom is 0.267 e. The number of benzene rings is 2. The van der Waals surface area contributed by atoms with Gasteiger partial charge in [-0.3, -0.25) is 9.69 Å². The Kier molecular flexibility index (Phi) is 6.84. The molecule has 9 heteroatoms. The maximum atomic E-state index is 12.4. The number of nitrogens with two attached hydrogens (primary N) is 1. The number of rotatable bonds is 6. The molecule has 0 aromatic heterocycles. The molecule has 8 nitrogen and oxygen atoms in total. The number of nitriles is 1. The lowest BCUT2D eigenvalue weighted by Crippen LogP contribution is -2.43. The van der Waals surface area contributed by atoms with Gasteiger partial charge in [-0.05, 0) is 29.8 Å². The Balaban J connectivity index is 1.56. The summed E-state index contributed by atoms with van der Waals surface area (Å²) in [5.74, 6) is -0.549. The number of sulfonamides is 1. The molecule has 1 aliphatic heterocycles. The van der Waals surface area contributed by atoms with Crippen LogP contribution in [-0.2, 0) is 21.4 Å². The molecule has 2 aromatic carbocycles. The molecule has 3 rings (SSSR count). The standard InChI is InChI=1S/C21H23N5O3S/c22-14-18(21(27)24-19-6-8-20(9-7-19)30(23,28)29)16-26-12-10-25(11-13-26)15-17-4-2-1-3-5-17/h1-9,16H,10-13,15H2,(H,24,27)(H2,23,28,29)/b18-16-. The minimum Gasteiger partial charge on any atom is -0.374 e. The number of piperazine rings is 1. The molecule has 0 atom stereocenters. The predicted molar refractivity (Wildman–Crippen MR) is 113 cm³/mol.